The molecule has 3 nitrogen and oxygen atoms in total. The van der Waals surface area contributed by atoms with E-state index in [4.69, 9.17) is 21.5 Å². The third kappa shape index (κ3) is 2.59. The first-order chi connectivity index (χ1) is 6.97. The number of hydrogen-bond acceptors (Lipinski definition) is 3. The number of halogens is 2. The van der Waals surface area contributed by atoms with Gasteiger partial charge >= 0.3 is 0 Å². The highest BCUT2D eigenvalue weighted by molar-refractivity contribution is 6.32. The molecule has 0 saturated heterocycles. The fraction of sp³-hybridized carbons (Fsp3) is 0.400. The van der Waals surface area contributed by atoms with Crippen molar-refractivity contribution in [3.63, 3.8) is 0 Å². The van der Waals surface area contributed by atoms with Crippen LogP contribution in [0.3, 0.4) is 0 Å². The van der Waals surface area contributed by atoms with E-state index < -0.39 is 5.82 Å². The quantitative estimate of drug-likeness (QED) is 0.815. The molecule has 0 radical (unpaired) electrons. The highest BCUT2D eigenvalue weighted by Crippen LogP contribution is 2.32. The van der Waals surface area contributed by atoms with Gasteiger partial charge in [-0.1, -0.05) is 11.6 Å². The van der Waals surface area contributed by atoms with E-state index in [9.17, 15) is 4.39 Å². The maximum absolute atomic E-state index is 13.5. The number of hydrogen-bond donors (Lipinski definition) is 1. The normalized spacial score (nSPS) is 10.9. The number of aryl methyl sites for hydroxylation is 1. The summed E-state index contributed by atoms with van der Waals surface area (Å²) in [6.45, 7) is 1.81. The van der Waals surface area contributed by atoms with Crippen molar-refractivity contribution in [1.82, 2.24) is 5.06 Å². The first-order valence-corrected chi connectivity index (χ1v) is 4.76. The zero-order valence-electron chi connectivity index (χ0n) is 8.84. The van der Waals surface area contributed by atoms with Gasteiger partial charge in [0.2, 0.25) is 0 Å². The molecule has 0 spiro atoms. The molecule has 0 unspecified atom stereocenters. The highest BCUT2D eigenvalue weighted by Gasteiger charge is 2.16. The standard InChI is InChI=1S/C10H13ClFNO2/c1-6-4-8(12)10(15-3)7(9(6)11)5-13(2)14/h4,14H,5H2,1-3H3. The molecule has 0 fully saturated rings. The van der Waals surface area contributed by atoms with Crippen molar-refractivity contribution in [2.24, 2.45) is 0 Å². The molecule has 15 heavy (non-hydrogen) atoms. The van der Waals surface area contributed by atoms with Crippen LogP contribution in [0.1, 0.15) is 11.1 Å². The van der Waals surface area contributed by atoms with Crippen molar-refractivity contribution >= 4 is 11.6 Å². The largest absolute Gasteiger partial charge is 0.493 e. The van der Waals surface area contributed by atoms with Crippen LogP contribution in [-0.4, -0.2) is 24.4 Å². The molecule has 1 aromatic carbocycles. The average Bonchev–Trinajstić information content (AvgIpc) is 2.13. The summed E-state index contributed by atoms with van der Waals surface area (Å²) in [5.41, 5.74) is 1.06. The molecule has 1 N–H and O–H groups in total. The van der Waals surface area contributed by atoms with Gasteiger partial charge in [-0.2, -0.15) is 5.06 Å². The van der Waals surface area contributed by atoms with Gasteiger partial charge in [-0.25, -0.2) is 4.39 Å². The number of ether oxygens (including phenoxy) is 1. The maximum Gasteiger partial charge on any atom is 0.165 e. The van der Waals surface area contributed by atoms with E-state index in [0.29, 0.717) is 16.1 Å². The van der Waals surface area contributed by atoms with Crippen LogP contribution in [0.5, 0.6) is 5.75 Å². The van der Waals surface area contributed by atoms with Crippen LogP contribution in [0, 0.1) is 12.7 Å². The third-order valence-electron chi connectivity index (χ3n) is 2.04. The lowest BCUT2D eigenvalue weighted by Crippen LogP contribution is -2.14. The fourth-order valence-corrected chi connectivity index (χ4v) is 1.59. The molecule has 1 rings (SSSR count). The van der Waals surface area contributed by atoms with Gasteiger partial charge in [0.1, 0.15) is 0 Å². The number of benzene rings is 1. The zero-order valence-corrected chi connectivity index (χ0v) is 9.60. The van der Waals surface area contributed by atoms with Crippen molar-refractivity contribution in [3.8, 4) is 5.75 Å². The summed E-state index contributed by atoms with van der Waals surface area (Å²) in [5, 5.41) is 10.5. The molecule has 0 saturated carbocycles. The summed E-state index contributed by atoms with van der Waals surface area (Å²) >= 11 is 6.01. The molecular formula is C10H13ClFNO2. The summed E-state index contributed by atoms with van der Waals surface area (Å²) < 4.78 is 18.4. The highest BCUT2D eigenvalue weighted by atomic mass is 35.5. The van der Waals surface area contributed by atoms with E-state index in [1.165, 1.54) is 20.2 Å². The van der Waals surface area contributed by atoms with Gasteiger partial charge in [0, 0.05) is 12.6 Å². The van der Waals surface area contributed by atoms with Gasteiger partial charge in [0.05, 0.1) is 18.7 Å². The average molecular weight is 234 g/mol. The van der Waals surface area contributed by atoms with Gasteiger partial charge in [0.15, 0.2) is 11.6 Å². The van der Waals surface area contributed by atoms with Gasteiger partial charge in [-0.3, -0.25) is 0 Å². The topological polar surface area (TPSA) is 32.7 Å². The summed E-state index contributed by atoms with van der Waals surface area (Å²) in [6, 6.07) is 1.31. The molecule has 0 aliphatic heterocycles. The lowest BCUT2D eigenvalue weighted by atomic mass is 10.1. The number of rotatable bonds is 3. The minimum atomic E-state index is -0.476. The van der Waals surface area contributed by atoms with Crippen LogP contribution in [0.15, 0.2) is 6.07 Å². The van der Waals surface area contributed by atoms with Crippen molar-refractivity contribution in [2.45, 2.75) is 13.5 Å². The Morgan fingerprint density at radius 1 is 1.60 bits per heavy atom. The molecule has 0 atom stereocenters. The Kier molecular flexibility index (Phi) is 3.90. The Morgan fingerprint density at radius 3 is 2.67 bits per heavy atom. The molecule has 0 bridgehead atoms. The van der Waals surface area contributed by atoms with Gasteiger partial charge < -0.3 is 9.94 Å². The van der Waals surface area contributed by atoms with Crippen molar-refractivity contribution in [2.75, 3.05) is 14.2 Å². The summed E-state index contributed by atoms with van der Waals surface area (Å²) in [5.74, 6) is -0.400. The molecule has 0 aliphatic carbocycles. The molecule has 0 heterocycles. The summed E-state index contributed by atoms with van der Waals surface area (Å²) in [6.07, 6.45) is 0. The van der Waals surface area contributed by atoms with Gasteiger partial charge in [-0.05, 0) is 18.6 Å². The first kappa shape index (κ1) is 12.2. The smallest absolute Gasteiger partial charge is 0.165 e. The van der Waals surface area contributed by atoms with E-state index in [1.54, 1.807) is 6.92 Å². The van der Waals surface area contributed by atoms with Gasteiger partial charge in [-0.15, -0.1) is 0 Å². The minimum Gasteiger partial charge on any atom is -0.493 e. The van der Waals surface area contributed by atoms with Gasteiger partial charge in [0.25, 0.3) is 0 Å². The van der Waals surface area contributed by atoms with E-state index in [-0.39, 0.29) is 12.3 Å². The Labute approximate surface area is 93.0 Å². The maximum atomic E-state index is 13.5. The third-order valence-corrected chi connectivity index (χ3v) is 2.56. The van der Waals surface area contributed by atoms with Crippen LogP contribution in [-0.2, 0) is 6.54 Å². The molecule has 0 aromatic heterocycles. The Balaban J connectivity index is 3.30. The summed E-state index contributed by atoms with van der Waals surface area (Å²) in [4.78, 5) is 0. The Bertz CT molecular complexity index is 369. The predicted octanol–water partition coefficient (Wildman–Crippen LogP) is 2.62. The molecule has 0 aliphatic rings. The molecule has 1 aromatic rings. The molecular weight excluding hydrogens is 221 g/mol. The zero-order chi connectivity index (χ0) is 11.6. The van der Waals surface area contributed by atoms with Crippen LogP contribution in [0.2, 0.25) is 5.02 Å². The number of methoxy groups -OCH3 is 1. The summed E-state index contributed by atoms with van der Waals surface area (Å²) in [7, 11) is 2.82. The molecule has 5 heteroatoms. The second-order valence-electron chi connectivity index (χ2n) is 3.32. The minimum absolute atomic E-state index is 0.0755. The fourth-order valence-electron chi connectivity index (χ4n) is 1.39. The van der Waals surface area contributed by atoms with E-state index in [0.717, 1.165) is 5.06 Å². The van der Waals surface area contributed by atoms with E-state index in [1.807, 2.05) is 0 Å². The Morgan fingerprint density at radius 2 is 2.20 bits per heavy atom. The lowest BCUT2D eigenvalue weighted by molar-refractivity contribution is -0.0736. The van der Waals surface area contributed by atoms with Crippen molar-refractivity contribution < 1.29 is 14.3 Å². The number of hydroxylamine groups is 2. The second-order valence-corrected chi connectivity index (χ2v) is 3.69. The molecule has 84 valence electrons. The van der Waals surface area contributed by atoms with Crippen LogP contribution >= 0.6 is 11.6 Å². The first-order valence-electron chi connectivity index (χ1n) is 4.38. The van der Waals surface area contributed by atoms with E-state index in [2.05, 4.69) is 0 Å². The lowest BCUT2D eigenvalue weighted by Gasteiger charge is -2.15. The van der Waals surface area contributed by atoms with Crippen LogP contribution in [0.4, 0.5) is 4.39 Å². The van der Waals surface area contributed by atoms with Crippen molar-refractivity contribution in [1.29, 1.82) is 0 Å². The van der Waals surface area contributed by atoms with E-state index >= 15 is 0 Å². The predicted molar refractivity (Wildman–Crippen MR) is 56.0 cm³/mol. The second kappa shape index (κ2) is 4.79. The SMILES string of the molecule is COc1c(F)cc(C)c(Cl)c1CN(C)O. The van der Waals surface area contributed by atoms with Crippen molar-refractivity contribution in [3.05, 3.63) is 28.0 Å². The number of nitrogens with zero attached hydrogens (tertiary/aromatic N) is 1. The van der Waals surface area contributed by atoms with Crippen LogP contribution in [0.25, 0.3) is 0 Å². The Hall–Kier alpha value is -0.840. The monoisotopic (exact) mass is 233 g/mol. The van der Waals surface area contributed by atoms with Crippen LogP contribution < -0.4 is 4.74 Å². The molecule has 0 amide bonds.